The maximum atomic E-state index is 9.44. The van der Waals surface area contributed by atoms with Crippen molar-refractivity contribution in [3.63, 3.8) is 0 Å². The number of aromatic nitrogens is 3. The van der Waals surface area contributed by atoms with Crippen LogP contribution in [0.2, 0.25) is 0 Å². The molecule has 120 valence electrons. The molecule has 6 heteroatoms. The van der Waals surface area contributed by atoms with Crippen molar-refractivity contribution in [2.24, 2.45) is 0 Å². The zero-order valence-electron chi connectivity index (χ0n) is 13.1. The Morgan fingerprint density at radius 3 is 2.38 bits per heavy atom. The van der Waals surface area contributed by atoms with E-state index in [0.29, 0.717) is 12.1 Å². The van der Waals surface area contributed by atoms with Crippen molar-refractivity contribution in [2.75, 3.05) is 0 Å². The van der Waals surface area contributed by atoms with Gasteiger partial charge in [-0.15, -0.1) is 10.2 Å². The van der Waals surface area contributed by atoms with Gasteiger partial charge in [-0.25, -0.2) is 0 Å². The summed E-state index contributed by atoms with van der Waals surface area (Å²) in [7, 11) is 0. The summed E-state index contributed by atoms with van der Waals surface area (Å²) in [5.74, 6) is 1.69. The van der Waals surface area contributed by atoms with Crippen molar-refractivity contribution in [3.05, 3.63) is 65.5 Å². The Labute approximate surface area is 145 Å². The molecule has 1 unspecified atom stereocenters. The van der Waals surface area contributed by atoms with Gasteiger partial charge in [0.15, 0.2) is 11.6 Å². The Morgan fingerprint density at radius 2 is 1.79 bits per heavy atom. The third kappa shape index (κ3) is 2.99. The minimum atomic E-state index is -0.240. The molecule has 2 aromatic carbocycles. The fourth-order valence-corrected chi connectivity index (χ4v) is 2.91. The Balaban J connectivity index is 1.99. The van der Waals surface area contributed by atoms with Gasteiger partial charge in [0.25, 0.3) is 0 Å². The molecule has 24 heavy (non-hydrogen) atoms. The van der Waals surface area contributed by atoms with E-state index in [9.17, 15) is 5.11 Å². The van der Waals surface area contributed by atoms with Crippen molar-refractivity contribution in [1.29, 1.82) is 5.26 Å². The highest BCUT2D eigenvalue weighted by Gasteiger charge is 2.20. The second kappa shape index (κ2) is 6.77. The molecule has 0 bridgehead atoms. The fraction of sp³-hybridized carbons (Fsp3) is 0.167. The van der Waals surface area contributed by atoms with Gasteiger partial charge >= 0.3 is 0 Å². The average Bonchev–Trinajstić information content (AvgIpc) is 3.05. The predicted molar refractivity (Wildman–Crippen MR) is 94.8 cm³/mol. The first-order chi connectivity index (χ1) is 11.6. The van der Waals surface area contributed by atoms with Crippen molar-refractivity contribution in [2.45, 2.75) is 18.7 Å². The topological polar surface area (TPSA) is 74.7 Å². The van der Waals surface area contributed by atoms with E-state index in [1.807, 2.05) is 35.8 Å². The molecular formula is C18H16N4OS. The molecule has 0 amide bonds. The number of phenols is 1. The van der Waals surface area contributed by atoms with Crippen LogP contribution >= 0.6 is 12.6 Å². The lowest BCUT2D eigenvalue weighted by Crippen LogP contribution is -2.07. The normalized spacial score (nSPS) is 11.9. The Hall–Kier alpha value is -2.78. The van der Waals surface area contributed by atoms with Crippen molar-refractivity contribution in [1.82, 2.24) is 14.8 Å². The van der Waals surface area contributed by atoms with Gasteiger partial charge in [-0.1, -0.05) is 12.1 Å². The van der Waals surface area contributed by atoms with Crippen LogP contribution in [0.15, 0.2) is 48.5 Å². The van der Waals surface area contributed by atoms with Gasteiger partial charge in [0.05, 0.1) is 16.9 Å². The summed E-state index contributed by atoms with van der Waals surface area (Å²) in [6.07, 6.45) is 0. The van der Waals surface area contributed by atoms with Gasteiger partial charge < -0.3 is 9.67 Å². The summed E-state index contributed by atoms with van der Waals surface area (Å²) < 4.78 is 2.00. The average molecular weight is 336 g/mol. The molecule has 0 saturated carbocycles. The van der Waals surface area contributed by atoms with Crippen LogP contribution in [0.3, 0.4) is 0 Å². The zero-order chi connectivity index (χ0) is 17.1. The Kier molecular flexibility index (Phi) is 4.54. The lowest BCUT2D eigenvalue weighted by Gasteiger charge is -2.13. The van der Waals surface area contributed by atoms with Crippen molar-refractivity contribution < 1.29 is 5.11 Å². The lowest BCUT2D eigenvalue weighted by atomic mass is 10.1. The van der Waals surface area contributed by atoms with Crippen LogP contribution in [0.1, 0.15) is 29.1 Å². The summed E-state index contributed by atoms with van der Waals surface area (Å²) in [5, 5.41) is 26.7. The molecule has 0 aliphatic rings. The number of nitriles is 1. The van der Waals surface area contributed by atoms with Crippen molar-refractivity contribution in [3.8, 4) is 23.2 Å². The molecule has 0 aliphatic heterocycles. The molecule has 1 N–H and O–H groups in total. The van der Waals surface area contributed by atoms with Gasteiger partial charge in [-0.2, -0.15) is 17.9 Å². The summed E-state index contributed by atoms with van der Waals surface area (Å²) >= 11 is 4.69. The van der Waals surface area contributed by atoms with Crippen molar-refractivity contribution >= 4 is 12.6 Å². The first kappa shape index (κ1) is 16.1. The highest BCUT2D eigenvalue weighted by atomic mass is 32.1. The van der Waals surface area contributed by atoms with Gasteiger partial charge in [-0.05, 0) is 48.9 Å². The van der Waals surface area contributed by atoms with E-state index in [1.165, 1.54) is 0 Å². The number of aromatic hydroxyl groups is 1. The third-order valence-electron chi connectivity index (χ3n) is 3.82. The van der Waals surface area contributed by atoms with Crippen LogP contribution in [0.5, 0.6) is 5.75 Å². The largest absolute Gasteiger partial charge is 0.508 e. The number of phenolic OH excluding ortho intramolecular Hbond substituents is 1. The lowest BCUT2D eigenvalue weighted by molar-refractivity contribution is 0.475. The summed E-state index contributed by atoms with van der Waals surface area (Å²) in [6.45, 7) is 2.72. The van der Waals surface area contributed by atoms with Crippen LogP contribution in [0, 0.1) is 11.3 Å². The molecule has 3 rings (SSSR count). The quantitative estimate of drug-likeness (QED) is 0.714. The molecule has 1 atom stereocenters. The maximum Gasteiger partial charge on any atom is 0.163 e. The van der Waals surface area contributed by atoms with E-state index < -0.39 is 0 Å². The minimum absolute atomic E-state index is 0.214. The zero-order valence-corrected chi connectivity index (χ0v) is 14.0. The first-order valence-corrected chi connectivity index (χ1v) is 8.06. The van der Waals surface area contributed by atoms with E-state index in [2.05, 4.69) is 16.3 Å². The monoisotopic (exact) mass is 336 g/mol. The standard InChI is InChI=1S/C18H16N4OS/c1-2-22-17(14-7-9-15(23)10-8-14)20-21-18(22)16(24)13-5-3-12(11-19)4-6-13/h3-10,16,23-24H,2H2,1H3. The van der Waals surface area contributed by atoms with Gasteiger partial charge in [-0.3, -0.25) is 0 Å². The number of hydrogen-bond acceptors (Lipinski definition) is 5. The molecule has 0 spiro atoms. The van der Waals surface area contributed by atoms with E-state index in [1.54, 1.807) is 24.3 Å². The van der Waals surface area contributed by atoms with Crippen LogP contribution in [0.4, 0.5) is 0 Å². The molecule has 0 saturated heterocycles. The number of hydrogen-bond donors (Lipinski definition) is 2. The molecular weight excluding hydrogens is 320 g/mol. The molecule has 0 radical (unpaired) electrons. The summed E-state index contributed by atoms with van der Waals surface area (Å²) in [4.78, 5) is 0. The second-order valence-electron chi connectivity index (χ2n) is 5.31. The van der Waals surface area contributed by atoms with Crippen LogP contribution in [-0.4, -0.2) is 19.9 Å². The van der Waals surface area contributed by atoms with Gasteiger partial charge in [0.2, 0.25) is 0 Å². The number of nitrogens with zero attached hydrogens (tertiary/aromatic N) is 4. The smallest absolute Gasteiger partial charge is 0.163 e. The third-order valence-corrected chi connectivity index (χ3v) is 4.35. The SMILES string of the molecule is CCn1c(-c2ccc(O)cc2)nnc1C(S)c1ccc(C#N)cc1. The molecule has 1 heterocycles. The number of rotatable bonds is 4. The van der Waals surface area contributed by atoms with Gasteiger partial charge in [0.1, 0.15) is 5.75 Å². The van der Waals surface area contributed by atoms with E-state index in [-0.39, 0.29) is 11.0 Å². The number of benzene rings is 2. The predicted octanol–water partition coefficient (Wildman–Crippen LogP) is 3.56. The molecule has 0 fully saturated rings. The van der Waals surface area contributed by atoms with Gasteiger partial charge in [0, 0.05) is 12.1 Å². The Morgan fingerprint density at radius 1 is 1.12 bits per heavy atom. The molecule has 1 aromatic heterocycles. The molecule has 5 nitrogen and oxygen atoms in total. The van der Waals surface area contributed by atoms with Crippen LogP contribution in [-0.2, 0) is 6.54 Å². The summed E-state index contributed by atoms with van der Waals surface area (Å²) in [6, 6.07) is 16.3. The number of thiol groups is 1. The highest BCUT2D eigenvalue weighted by molar-refractivity contribution is 7.80. The molecule has 0 aliphatic carbocycles. The summed E-state index contributed by atoms with van der Waals surface area (Å²) in [5.41, 5.74) is 2.45. The fourth-order valence-electron chi connectivity index (χ4n) is 2.54. The van der Waals surface area contributed by atoms with E-state index in [0.717, 1.165) is 22.8 Å². The maximum absolute atomic E-state index is 9.44. The minimum Gasteiger partial charge on any atom is -0.508 e. The van der Waals surface area contributed by atoms with Crippen LogP contribution < -0.4 is 0 Å². The van der Waals surface area contributed by atoms with E-state index >= 15 is 0 Å². The first-order valence-electron chi connectivity index (χ1n) is 7.54. The second-order valence-corrected chi connectivity index (χ2v) is 5.83. The molecule has 3 aromatic rings. The Bertz CT molecular complexity index is 879. The highest BCUT2D eigenvalue weighted by Crippen LogP contribution is 2.30. The van der Waals surface area contributed by atoms with Crippen LogP contribution in [0.25, 0.3) is 11.4 Å². The van der Waals surface area contributed by atoms with E-state index in [4.69, 9.17) is 17.9 Å².